The molecule has 0 saturated carbocycles. The van der Waals surface area contributed by atoms with Gasteiger partial charge in [0.2, 0.25) is 0 Å². The second kappa shape index (κ2) is 12.8. The molecule has 4 aromatic rings. The first kappa shape index (κ1) is 26.8. The first-order chi connectivity index (χ1) is 17.7. The molecule has 182 valence electrons. The zero-order valence-electron chi connectivity index (χ0n) is 23.5. The van der Waals surface area contributed by atoms with Crippen molar-refractivity contribution in [3.63, 3.8) is 0 Å². The van der Waals surface area contributed by atoms with Crippen LogP contribution in [0.5, 0.6) is 0 Å². The van der Waals surface area contributed by atoms with E-state index in [1.54, 1.807) is 0 Å². The van der Waals surface area contributed by atoms with E-state index in [9.17, 15) is 0 Å². The molecular formula is C36H32Zr-2. The van der Waals surface area contributed by atoms with Gasteiger partial charge in [-0.3, -0.25) is 12.2 Å². The van der Waals surface area contributed by atoms with Gasteiger partial charge in [-0.15, -0.1) is 24.0 Å². The summed E-state index contributed by atoms with van der Waals surface area (Å²) in [6.45, 7) is 4.30. The van der Waals surface area contributed by atoms with Crippen molar-refractivity contribution in [3.8, 4) is 0 Å². The van der Waals surface area contributed by atoms with Crippen molar-refractivity contribution >= 4 is 22.3 Å². The van der Waals surface area contributed by atoms with Crippen molar-refractivity contribution in [1.29, 1.82) is 0 Å². The Morgan fingerprint density at radius 1 is 0.432 bits per heavy atom. The molecule has 0 bridgehead atoms. The Bertz CT molecular complexity index is 1340. The quantitative estimate of drug-likeness (QED) is 0.220. The maximum absolute atomic E-state index is 3.46. The third-order valence-corrected chi connectivity index (χ3v) is 6.78. The van der Waals surface area contributed by atoms with Crippen molar-refractivity contribution in [2.75, 3.05) is 0 Å². The fraction of sp³-hybridized carbons (Fsp3) is 0.111. The third kappa shape index (κ3) is 6.18. The third-order valence-electron chi connectivity index (χ3n) is 6.78. The Labute approximate surface area is 243 Å². The molecular weight excluding hydrogens is 524 g/mol. The largest absolute Gasteiger partial charge is 2.00 e. The molecule has 0 atom stereocenters. The van der Waals surface area contributed by atoms with Crippen LogP contribution in [-0.4, -0.2) is 0 Å². The number of hydrogen-bond acceptors (Lipinski definition) is 0. The summed E-state index contributed by atoms with van der Waals surface area (Å²) < 4.78 is 0. The number of benzene rings is 4. The monoisotopic (exact) mass is 554 g/mol. The van der Waals surface area contributed by atoms with E-state index in [4.69, 9.17) is 0 Å². The molecule has 6 rings (SSSR count). The summed E-state index contributed by atoms with van der Waals surface area (Å²) in [4.78, 5) is 0. The van der Waals surface area contributed by atoms with Gasteiger partial charge in [-0.2, -0.15) is 11.1 Å². The normalized spacial score (nSPS) is 14.4. The molecule has 0 heterocycles. The molecule has 0 unspecified atom stereocenters. The van der Waals surface area contributed by atoms with Crippen LogP contribution in [0.3, 0.4) is 0 Å². The Morgan fingerprint density at radius 3 is 1.00 bits per heavy atom. The number of hydrogen-bond donors (Lipinski definition) is 0. The molecule has 0 fully saturated rings. The molecule has 1 heteroatoms. The van der Waals surface area contributed by atoms with Crippen LogP contribution >= 0.6 is 0 Å². The molecule has 0 aromatic heterocycles. The molecule has 37 heavy (non-hydrogen) atoms. The summed E-state index contributed by atoms with van der Waals surface area (Å²) in [5.74, 6) is 0. The molecule has 0 N–H and O–H groups in total. The number of rotatable bonds is 4. The summed E-state index contributed by atoms with van der Waals surface area (Å²) in [5, 5.41) is 0. The Morgan fingerprint density at radius 2 is 0.703 bits per heavy atom. The maximum atomic E-state index is 3.46. The summed E-state index contributed by atoms with van der Waals surface area (Å²) in [6.07, 6.45) is 8.75. The van der Waals surface area contributed by atoms with Gasteiger partial charge in [0, 0.05) is 0 Å². The number of allylic oxidation sites excluding steroid dienone is 8. The molecule has 0 saturated heterocycles. The molecule has 2 aliphatic rings. The van der Waals surface area contributed by atoms with E-state index in [0.29, 0.717) is 0 Å². The van der Waals surface area contributed by atoms with Crippen LogP contribution in [0.25, 0.3) is 22.3 Å². The first-order valence-electron chi connectivity index (χ1n) is 12.6. The van der Waals surface area contributed by atoms with Crippen molar-refractivity contribution in [2.24, 2.45) is 0 Å². The van der Waals surface area contributed by atoms with Crippen molar-refractivity contribution in [1.82, 2.24) is 0 Å². The van der Waals surface area contributed by atoms with Crippen LogP contribution in [0.15, 0.2) is 132 Å². The van der Waals surface area contributed by atoms with Gasteiger partial charge in [-0.05, 0) is 11.1 Å². The van der Waals surface area contributed by atoms with Gasteiger partial charge in [-0.1, -0.05) is 146 Å². The van der Waals surface area contributed by atoms with Crippen LogP contribution in [0.4, 0.5) is 0 Å². The average Bonchev–Trinajstić information content (AvgIpc) is 3.53. The van der Waals surface area contributed by atoms with E-state index in [1.807, 2.05) is 0 Å². The fourth-order valence-corrected chi connectivity index (χ4v) is 5.01. The zero-order chi connectivity index (χ0) is 24.7. The van der Waals surface area contributed by atoms with Crippen LogP contribution < -0.4 is 0 Å². The van der Waals surface area contributed by atoms with Gasteiger partial charge in [0.25, 0.3) is 0 Å². The van der Waals surface area contributed by atoms with Gasteiger partial charge in [0.1, 0.15) is 0 Å². The SMILES string of the molecule is CC1=[C-]CC(c2ccccc2)=C1c1ccccc1.CC1=[C-]CC(c2ccccc2)=C1c1ccccc1.[H-].[H-].[Zr+2]. The average molecular weight is 556 g/mol. The minimum absolute atomic E-state index is 0. The molecule has 4 aromatic carbocycles. The Hall–Kier alpha value is -3.28. The molecule has 0 spiro atoms. The fourth-order valence-electron chi connectivity index (χ4n) is 5.01. The van der Waals surface area contributed by atoms with E-state index < -0.39 is 0 Å². The van der Waals surface area contributed by atoms with Gasteiger partial charge in [0.05, 0.1) is 0 Å². The van der Waals surface area contributed by atoms with Gasteiger partial charge in [-0.25, -0.2) is 11.1 Å². The van der Waals surface area contributed by atoms with E-state index >= 15 is 0 Å². The smallest absolute Gasteiger partial charge is 1.00 e. The van der Waals surface area contributed by atoms with E-state index in [0.717, 1.165) is 12.8 Å². The van der Waals surface area contributed by atoms with Gasteiger partial charge < -0.3 is 2.85 Å². The Balaban J connectivity index is 0.000000254. The second-order valence-electron chi connectivity index (χ2n) is 9.13. The van der Waals surface area contributed by atoms with Crippen molar-refractivity contribution < 1.29 is 29.1 Å². The predicted octanol–water partition coefficient (Wildman–Crippen LogP) is 9.72. The maximum Gasteiger partial charge on any atom is 2.00 e. The summed E-state index contributed by atoms with van der Waals surface area (Å²) in [5.41, 5.74) is 13.2. The molecule has 0 radical (unpaired) electrons. The van der Waals surface area contributed by atoms with E-state index in [-0.39, 0.29) is 29.1 Å². The predicted molar refractivity (Wildman–Crippen MR) is 156 cm³/mol. The molecule has 0 aliphatic heterocycles. The summed E-state index contributed by atoms with van der Waals surface area (Å²) >= 11 is 0. The van der Waals surface area contributed by atoms with Crippen LogP contribution in [0.2, 0.25) is 0 Å². The van der Waals surface area contributed by atoms with Crippen LogP contribution in [0.1, 0.15) is 51.8 Å². The first-order valence-corrected chi connectivity index (χ1v) is 12.6. The minimum atomic E-state index is 0. The zero-order valence-corrected chi connectivity index (χ0v) is 23.9. The second-order valence-corrected chi connectivity index (χ2v) is 9.13. The Kier molecular flexibility index (Phi) is 9.26. The standard InChI is InChI=1S/2C18H15.Zr.2H/c2*1-14-12-13-17(15-8-4-2-5-9-15)18(14)16-10-6-3-7-11-16;;;/h2*2-11H,13H2,1H3;;;/q2*-1;+2;2*-1. The molecule has 0 nitrogen and oxygen atoms in total. The van der Waals surface area contributed by atoms with Crippen LogP contribution in [0, 0.1) is 12.2 Å². The summed E-state index contributed by atoms with van der Waals surface area (Å²) in [7, 11) is 0. The van der Waals surface area contributed by atoms with Gasteiger partial charge >= 0.3 is 26.2 Å². The summed E-state index contributed by atoms with van der Waals surface area (Å²) in [6, 6.07) is 42.4. The minimum Gasteiger partial charge on any atom is -1.00 e. The van der Waals surface area contributed by atoms with E-state index in [2.05, 4.69) is 147 Å². The van der Waals surface area contributed by atoms with Crippen molar-refractivity contribution in [2.45, 2.75) is 26.7 Å². The van der Waals surface area contributed by atoms with Crippen molar-refractivity contribution in [3.05, 3.63) is 167 Å². The van der Waals surface area contributed by atoms with Gasteiger partial charge in [0.15, 0.2) is 0 Å². The topological polar surface area (TPSA) is 0 Å². The van der Waals surface area contributed by atoms with Crippen LogP contribution in [-0.2, 0) is 26.2 Å². The molecule has 2 aliphatic carbocycles. The molecule has 0 amide bonds. The van der Waals surface area contributed by atoms with E-state index in [1.165, 1.54) is 55.7 Å².